The van der Waals surface area contributed by atoms with E-state index in [1.165, 1.54) is 35.9 Å². The molecule has 0 radical (unpaired) electrons. The lowest BCUT2D eigenvalue weighted by Gasteiger charge is -2.27. The topological polar surface area (TPSA) is 154 Å². The number of carbonyl (C=O) groups excluding carboxylic acids is 4. The highest BCUT2D eigenvalue weighted by atomic mass is 16.5. The summed E-state index contributed by atoms with van der Waals surface area (Å²) in [5.41, 5.74) is 1.53. The van der Waals surface area contributed by atoms with E-state index in [9.17, 15) is 29.5 Å². The van der Waals surface area contributed by atoms with E-state index >= 15 is 0 Å². The van der Waals surface area contributed by atoms with Crippen LogP contribution in [-0.2, 0) is 20.9 Å². The van der Waals surface area contributed by atoms with Crippen LogP contribution in [0.3, 0.4) is 0 Å². The predicted octanol–water partition coefficient (Wildman–Crippen LogP) is -0.369. The molecule has 2 aromatic rings. The smallest absolute Gasteiger partial charge is 0.337 e. The summed E-state index contributed by atoms with van der Waals surface area (Å²) in [5, 5.41) is 26.7. The van der Waals surface area contributed by atoms with Gasteiger partial charge >= 0.3 is 12.0 Å². The van der Waals surface area contributed by atoms with Crippen LogP contribution in [0, 0.1) is 25.0 Å². The highest BCUT2D eigenvalue weighted by Crippen LogP contribution is 2.33. The molecule has 1 saturated heterocycles. The summed E-state index contributed by atoms with van der Waals surface area (Å²) in [5.74, 6) is -4.77. The normalized spacial score (nSPS) is 15.4. The second-order valence-electron chi connectivity index (χ2n) is 7.08. The summed E-state index contributed by atoms with van der Waals surface area (Å²) in [6.45, 7) is 3.05. The molecule has 11 nitrogen and oxygen atoms in total. The number of barbiturate groups is 1. The summed E-state index contributed by atoms with van der Waals surface area (Å²) < 4.78 is 6.83. The molecule has 164 valence electrons. The van der Waals surface area contributed by atoms with Gasteiger partial charge in [-0.1, -0.05) is 12.1 Å². The number of urea groups is 1. The van der Waals surface area contributed by atoms with Crippen molar-refractivity contribution in [1.29, 1.82) is 0 Å². The Hall–Kier alpha value is -3.73. The maximum Gasteiger partial charge on any atom is 0.337 e. The third kappa shape index (κ3) is 3.87. The van der Waals surface area contributed by atoms with E-state index in [1.54, 1.807) is 13.8 Å². The van der Waals surface area contributed by atoms with Crippen molar-refractivity contribution in [3.8, 4) is 0 Å². The molecule has 1 aromatic heterocycles. The van der Waals surface area contributed by atoms with Crippen molar-refractivity contribution in [2.45, 2.75) is 26.3 Å². The average molecular weight is 430 g/mol. The fourth-order valence-corrected chi connectivity index (χ4v) is 3.74. The van der Waals surface area contributed by atoms with Crippen LogP contribution >= 0.6 is 0 Å². The Morgan fingerprint density at radius 2 is 1.77 bits per heavy atom. The molecule has 0 bridgehead atoms. The first-order chi connectivity index (χ1) is 14.7. The standard InChI is InChI=1S/C20H22N4O7/c1-10-11(2)24(30)18(23(10)8-9-25)14(15-16(26)21-20(29)22-17(15)27)12-4-6-13(7-5-12)19(28)31-3/h4-7,14-15,25H,8-9H2,1-3H3,(H2,21,22,26,27,29)/t14-/m1/s1. The molecule has 1 atom stereocenters. The Morgan fingerprint density at radius 3 is 2.29 bits per heavy atom. The Balaban J connectivity index is 2.23. The zero-order valence-electron chi connectivity index (χ0n) is 17.2. The van der Waals surface area contributed by atoms with Gasteiger partial charge in [0.05, 0.1) is 19.3 Å². The molecule has 31 heavy (non-hydrogen) atoms. The number of aromatic nitrogens is 2. The van der Waals surface area contributed by atoms with Crippen molar-refractivity contribution >= 4 is 23.8 Å². The van der Waals surface area contributed by atoms with Crippen molar-refractivity contribution in [1.82, 2.24) is 15.2 Å². The van der Waals surface area contributed by atoms with E-state index < -0.39 is 35.7 Å². The zero-order valence-corrected chi connectivity index (χ0v) is 17.2. The zero-order chi connectivity index (χ0) is 22.9. The quantitative estimate of drug-likeness (QED) is 0.245. The second-order valence-corrected chi connectivity index (χ2v) is 7.08. The molecule has 1 aromatic carbocycles. The van der Waals surface area contributed by atoms with Crippen LogP contribution < -0.4 is 15.4 Å². The number of esters is 1. The van der Waals surface area contributed by atoms with Crippen LogP contribution in [0.2, 0.25) is 0 Å². The number of hydrogen-bond acceptors (Lipinski definition) is 7. The Labute approximate surface area is 177 Å². The number of aliphatic hydroxyl groups is 1. The lowest BCUT2D eigenvalue weighted by atomic mass is 9.82. The molecule has 1 fully saturated rings. The van der Waals surface area contributed by atoms with Gasteiger partial charge in [-0.25, -0.2) is 18.9 Å². The van der Waals surface area contributed by atoms with Crippen molar-refractivity contribution in [2.75, 3.05) is 13.7 Å². The molecular weight excluding hydrogens is 408 g/mol. The van der Waals surface area contributed by atoms with Crippen molar-refractivity contribution in [3.05, 3.63) is 57.8 Å². The number of nitrogens with zero attached hydrogens (tertiary/aromatic N) is 2. The average Bonchev–Trinajstić information content (AvgIpc) is 2.94. The first-order valence-electron chi connectivity index (χ1n) is 9.45. The van der Waals surface area contributed by atoms with E-state index in [0.717, 1.165) is 0 Å². The molecule has 11 heteroatoms. The first-order valence-corrected chi connectivity index (χ1v) is 9.45. The number of ether oxygens (including phenoxy) is 1. The number of methoxy groups -OCH3 is 1. The van der Waals surface area contributed by atoms with Crippen LogP contribution in [-0.4, -0.2) is 47.2 Å². The molecule has 4 amide bonds. The first kappa shape index (κ1) is 22.0. The molecular formula is C20H22N4O7. The van der Waals surface area contributed by atoms with Crippen LogP contribution in [0.5, 0.6) is 0 Å². The monoisotopic (exact) mass is 430 g/mol. The number of rotatable bonds is 6. The third-order valence-electron chi connectivity index (χ3n) is 5.38. The third-order valence-corrected chi connectivity index (χ3v) is 5.38. The van der Waals surface area contributed by atoms with Crippen molar-refractivity contribution in [3.63, 3.8) is 0 Å². The van der Waals surface area contributed by atoms with Gasteiger partial charge in [0.15, 0.2) is 0 Å². The van der Waals surface area contributed by atoms with E-state index in [2.05, 4.69) is 15.4 Å². The number of benzene rings is 1. The minimum Gasteiger partial charge on any atom is -0.711 e. The SMILES string of the molecule is COC(=O)c1ccc([C@@H](c2n(CCO)c(C)c(C)[n+]2[O-])C2C(=O)NC(=O)NC2=O)cc1. The Kier molecular flexibility index (Phi) is 6.07. The number of carbonyl (C=O) groups is 4. The van der Waals surface area contributed by atoms with Crippen LogP contribution in [0.1, 0.15) is 39.1 Å². The van der Waals surface area contributed by atoms with Gasteiger partial charge in [0, 0.05) is 13.8 Å². The van der Waals surface area contributed by atoms with Gasteiger partial charge in [-0.2, -0.15) is 0 Å². The molecule has 1 aliphatic heterocycles. The van der Waals surface area contributed by atoms with E-state index in [-0.39, 0.29) is 24.5 Å². The lowest BCUT2D eigenvalue weighted by molar-refractivity contribution is -0.621. The molecule has 0 aliphatic carbocycles. The summed E-state index contributed by atoms with van der Waals surface area (Å²) in [4.78, 5) is 48.6. The van der Waals surface area contributed by atoms with Crippen molar-refractivity contribution in [2.24, 2.45) is 5.92 Å². The van der Waals surface area contributed by atoms with Gasteiger partial charge in [0.2, 0.25) is 11.8 Å². The number of imide groups is 2. The highest BCUT2D eigenvalue weighted by Gasteiger charge is 2.47. The largest absolute Gasteiger partial charge is 0.711 e. The number of amides is 4. The second kappa shape index (κ2) is 8.56. The maximum atomic E-state index is 13.1. The van der Waals surface area contributed by atoms with Gasteiger partial charge < -0.3 is 15.1 Å². The number of aliphatic hydroxyl groups excluding tert-OH is 1. The minimum absolute atomic E-state index is 0.0551. The molecule has 0 saturated carbocycles. The van der Waals surface area contributed by atoms with Gasteiger partial charge in [-0.05, 0) is 17.7 Å². The molecule has 0 unspecified atom stereocenters. The fourth-order valence-electron chi connectivity index (χ4n) is 3.74. The maximum absolute atomic E-state index is 13.1. The lowest BCUT2D eigenvalue weighted by Crippen LogP contribution is -2.58. The predicted molar refractivity (Wildman–Crippen MR) is 105 cm³/mol. The Morgan fingerprint density at radius 1 is 1.19 bits per heavy atom. The summed E-state index contributed by atoms with van der Waals surface area (Å²) >= 11 is 0. The number of hydrogen-bond donors (Lipinski definition) is 3. The van der Waals surface area contributed by atoms with Gasteiger partial charge in [0.25, 0.3) is 5.82 Å². The minimum atomic E-state index is -1.44. The van der Waals surface area contributed by atoms with E-state index in [0.29, 0.717) is 21.7 Å². The van der Waals surface area contributed by atoms with Crippen LogP contribution in [0.25, 0.3) is 0 Å². The molecule has 2 heterocycles. The summed E-state index contributed by atoms with van der Waals surface area (Å²) in [6, 6.07) is 4.97. The van der Waals surface area contributed by atoms with Gasteiger partial charge in [-0.15, -0.1) is 0 Å². The molecule has 1 aliphatic rings. The van der Waals surface area contributed by atoms with Gasteiger partial charge in [0.1, 0.15) is 29.8 Å². The van der Waals surface area contributed by atoms with Crippen molar-refractivity contribution < 1.29 is 33.8 Å². The highest BCUT2D eigenvalue weighted by molar-refractivity contribution is 6.16. The number of nitrogens with one attached hydrogen (secondary N) is 2. The summed E-state index contributed by atoms with van der Waals surface area (Å²) in [7, 11) is 1.24. The van der Waals surface area contributed by atoms with Crippen LogP contribution in [0.15, 0.2) is 24.3 Å². The molecule has 3 N–H and O–H groups in total. The molecule has 0 spiro atoms. The molecule has 3 rings (SSSR count). The van der Waals surface area contributed by atoms with Crippen LogP contribution in [0.4, 0.5) is 4.79 Å². The fraction of sp³-hybridized carbons (Fsp3) is 0.350. The number of imidazole rings is 1. The van der Waals surface area contributed by atoms with E-state index in [1.807, 2.05) is 0 Å². The Bertz CT molecular complexity index is 1040. The van der Waals surface area contributed by atoms with E-state index in [4.69, 9.17) is 0 Å². The van der Waals surface area contributed by atoms with Gasteiger partial charge in [-0.3, -0.25) is 20.2 Å². The summed E-state index contributed by atoms with van der Waals surface area (Å²) in [6.07, 6.45) is 0.